The minimum absolute atomic E-state index is 0.298. The van der Waals surface area contributed by atoms with Crippen LogP contribution in [0.5, 0.6) is 0 Å². The third-order valence-electron chi connectivity index (χ3n) is 3.56. The third kappa shape index (κ3) is 2.45. The van der Waals surface area contributed by atoms with Gasteiger partial charge in [0.15, 0.2) is 0 Å². The van der Waals surface area contributed by atoms with Gasteiger partial charge in [-0.05, 0) is 42.7 Å². The third-order valence-corrected chi connectivity index (χ3v) is 5.39. The van der Waals surface area contributed by atoms with E-state index in [1.54, 1.807) is 48.7 Å². The molecule has 1 aromatic carbocycles. The van der Waals surface area contributed by atoms with Crippen LogP contribution in [0.2, 0.25) is 0 Å². The number of anilines is 1. The van der Waals surface area contributed by atoms with Gasteiger partial charge in [0.1, 0.15) is 0 Å². The van der Waals surface area contributed by atoms with Crippen LogP contribution in [0.3, 0.4) is 0 Å². The highest BCUT2D eigenvalue weighted by Gasteiger charge is 2.29. The number of hydrogen-bond donors (Lipinski definition) is 0. The second-order valence-electron chi connectivity index (χ2n) is 4.97. The van der Waals surface area contributed by atoms with Crippen molar-refractivity contribution in [2.24, 2.45) is 0 Å². The van der Waals surface area contributed by atoms with Gasteiger partial charge in [-0.3, -0.25) is 9.29 Å². The van der Waals surface area contributed by atoms with Gasteiger partial charge in [-0.1, -0.05) is 24.8 Å². The van der Waals surface area contributed by atoms with E-state index in [1.165, 1.54) is 4.31 Å². The minimum Gasteiger partial charge on any atom is -0.264 e. The predicted molar refractivity (Wildman–Crippen MR) is 83.5 cm³/mol. The number of aromatic nitrogens is 1. The Bertz CT molecular complexity index is 770. The Labute approximate surface area is 124 Å². The summed E-state index contributed by atoms with van der Waals surface area (Å²) in [7, 11) is -3.57. The first kappa shape index (κ1) is 13.8. The number of benzene rings is 1. The van der Waals surface area contributed by atoms with E-state index < -0.39 is 10.0 Å². The van der Waals surface area contributed by atoms with Crippen molar-refractivity contribution in [1.29, 1.82) is 0 Å². The highest BCUT2D eigenvalue weighted by molar-refractivity contribution is 7.92. The van der Waals surface area contributed by atoms with Gasteiger partial charge in [-0.25, -0.2) is 8.42 Å². The van der Waals surface area contributed by atoms with Crippen molar-refractivity contribution in [3.63, 3.8) is 0 Å². The van der Waals surface area contributed by atoms with Gasteiger partial charge in [0.05, 0.1) is 16.3 Å². The quantitative estimate of drug-likeness (QED) is 0.856. The van der Waals surface area contributed by atoms with Crippen molar-refractivity contribution < 1.29 is 8.42 Å². The highest BCUT2D eigenvalue weighted by atomic mass is 32.2. The van der Waals surface area contributed by atoms with E-state index in [2.05, 4.69) is 11.6 Å². The fourth-order valence-corrected chi connectivity index (χ4v) is 4.05. The lowest BCUT2D eigenvalue weighted by Crippen LogP contribution is -2.31. The molecule has 1 aliphatic rings. The van der Waals surface area contributed by atoms with Crippen LogP contribution < -0.4 is 4.31 Å². The predicted octanol–water partition coefficient (Wildman–Crippen LogP) is 3.08. The SMILES string of the molecule is C=C1CCCN(S(=O)(=O)c2ccccc2)c2cccnc21. The lowest BCUT2D eigenvalue weighted by atomic mass is 10.1. The summed E-state index contributed by atoms with van der Waals surface area (Å²) in [5, 5.41) is 0. The number of rotatable bonds is 2. The Morgan fingerprint density at radius 1 is 1.10 bits per heavy atom. The lowest BCUT2D eigenvalue weighted by molar-refractivity contribution is 0.590. The van der Waals surface area contributed by atoms with Gasteiger partial charge >= 0.3 is 0 Å². The van der Waals surface area contributed by atoms with Crippen molar-refractivity contribution in [2.75, 3.05) is 10.8 Å². The summed E-state index contributed by atoms with van der Waals surface area (Å²) >= 11 is 0. The highest BCUT2D eigenvalue weighted by Crippen LogP contribution is 2.34. The average molecular weight is 300 g/mol. The summed E-state index contributed by atoms with van der Waals surface area (Å²) in [5.41, 5.74) is 2.18. The van der Waals surface area contributed by atoms with Crippen LogP contribution >= 0.6 is 0 Å². The van der Waals surface area contributed by atoms with Crippen LogP contribution in [-0.4, -0.2) is 19.9 Å². The van der Waals surface area contributed by atoms with Gasteiger partial charge in [0, 0.05) is 12.7 Å². The second kappa shape index (κ2) is 5.33. The van der Waals surface area contributed by atoms with Crippen molar-refractivity contribution in [3.05, 3.63) is 60.9 Å². The zero-order valence-electron chi connectivity index (χ0n) is 11.6. The fourth-order valence-electron chi connectivity index (χ4n) is 2.51. The van der Waals surface area contributed by atoms with Crippen molar-refractivity contribution in [3.8, 4) is 0 Å². The Morgan fingerprint density at radius 2 is 1.86 bits per heavy atom. The van der Waals surface area contributed by atoms with Crippen molar-refractivity contribution in [2.45, 2.75) is 17.7 Å². The molecular weight excluding hydrogens is 284 g/mol. The Kier molecular flexibility index (Phi) is 3.51. The van der Waals surface area contributed by atoms with Crippen LogP contribution in [0.1, 0.15) is 18.5 Å². The fraction of sp³-hybridized carbons (Fsp3) is 0.188. The molecule has 1 aromatic heterocycles. The van der Waals surface area contributed by atoms with Crippen LogP contribution in [0.25, 0.3) is 5.57 Å². The van der Waals surface area contributed by atoms with E-state index in [4.69, 9.17) is 0 Å². The van der Waals surface area contributed by atoms with Crippen molar-refractivity contribution in [1.82, 2.24) is 4.98 Å². The number of sulfonamides is 1. The average Bonchev–Trinajstić information content (AvgIpc) is 2.68. The van der Waals surface area contributed by atoms with E-state index in [1.807, 2.05) is 0 Å². The Hall–Kier alpha value is -2.14. The summed E-state index contributed by atoms with van der Waals surface area (Å²) in [6.07, 6.45) is 3.16. The summed E-state index contributed by atoms with van der Waals surface area (Å²) in [5.74, 6) is 0. The largest absolute Gasteiger partial charge is 0.264 e. The molecule has 0 saturated carbocycles. The molecule has 0 spiro atoms. The molecule has 1 aliphatic heterocycles. The smallest absolute Gasteiger partial charge is 0.264 e. The molecule has 2 heterocycles. The topological polar surface area (TPSA) is 50.3 Å². The van der Waals surface area contributed by atoms with E-state index in [9.17, 15) is 8.42 Å². The molecule has 4 nitrogen and oxygen atoms in total. The van der Waals surface area contributed by atoms with Crippen LogP contribution in [-0.2, 0) is 10.0 Å². The number of allylic oxidation sites excluding steroid dienone is 1. The normalized spacial score (nSPS) is 15.4. The van der Waals surface area contributed by atoms with Gasteiger partial charge in [0.25, 0.3) is 10.0 Å². The Balaban J connectivity index is 2.14. The van der Waals surface area contributed by atoms with Crippen LogP contribution in [0, 0.1) is 0 Å². The standard InChI is InChI=1S/C16H16N2O2S/c1-13-7-6-12-18(15-10-5-11-17-16(13)15)21(19,20)14-8-3-2-4-9-14/h2-5,8-11H,1,6-7,12H2. The summed E-state index contributed by atoms with van der Waals surface area (Å²) < 4.78 is 27.2. The maximum absolute atomic E-state index is 12.9. The van der Waals surface area contributed by atoms with E-state index in [-0.39, 0.29) is 0 Å². The van der Waals surface area contributed by atoms with Crippen LogP contribution in [0.15, 0.2) is 60.1 Å². The number of pyridine rings is 1. The molecule has 3 rings (SSSR count). The molecule has 0 N–H and O–H groups in total. The lowest BCUT2D eigenvalue weighted by Gasteiger charge is -2.23. The van der Waals surface area contributed by atoms with E-state index in [0.717, 1.165) is 18.4 Å². The molecule has 0 aliphatic carbocycles. The first-order valence-electron chi connectivity index (χ1n) is 6.81. The van der Waals surface area contributed by atoms with Gasteiger partial charge in [0.2, 0.25) is 0 Å². The molecule has 0 amide bonds. The first-order valence-corrected chi connectivity index (χ1v) is 8.25. The monoisotopic (exact) mass is 300 g/mol. The molecule has 21 heavy (non-hydrogen) atoms. The molecule has 0 saturated heterocycles. The van der Waals surface area contributed by atoms with Gasteiger partial charge < -0.3 is 0 Å². The van der Waals surface area contributed by atoms with Crippen LogP contribution in [0.4, 0.5) is 5.69 Å². The first-order chi connectivity index (χ1) is 10.1. The molecule has 0 bridgehead atoms. The molecule has 0 unspecified atom stereocenters. The summed E-state index contributed by atoms with van der Waals surface area (Å²) in [4.78, 5) is 4.61. The number of nitrogens with zero attached hydrogens (tertiary/aromatic N) is 2. The molecule has 0 radical (unpaired) electrons. The summed E-state index contributed by atoms with van der Waals surface area (Å²) in [6, 6.07) is 12.0. The second-order valence-corrected chi connectivity index (χ2v) is 6.83. The van der Waals surface area contributed by atoms with E-state index in [0.29, 0.717) is 22.8 Å². The number of hydrogen-bond acceptors (Lipinski definition) is 3. The maximum atomic E-state index is 12.9. The molecule has 2 aromatic rings. The zero-order valence-corrected chi connectivity index (χ0v) is 12.4. The minimum atomic E-state index is -3.57. The van der Waals surface area contributed by atoms with E-state index >= 15 is 0 Å². The molecule has 0 fully saturated rings. The molecule has 108 valence electrons. The molecule has 5 heteroatoms. The molecule has 0 atom stereocenters. The Morgan fingerprint density at radius 3 is 2.62 bits per heavy atom. The van der Waals surface area contributed by atoms with Gasteiger partial charge in [-0.15, -0.1) is 0 Å². The maximum Gasteiger partial charge on any atom is 0.264 e. The summed E-state index contributed by atoms with van der Waals surface area (Å²) in [6.45, 7) is 4.46. The molecular formula is C16H16N2O2S. The van der Waals surface area contributed by atoms with Crippen molar-refractivity contribution >= 4 is 21.3 Å². The zero-order chi connectivity index (χ0) is 14.9. The van der Waals surface area contributed by atoms with Gasteiger partial charge in [-0.2, -0.15) is 0 Å². The number of fused-ring (bicyclic) bond motifs is 1.